The predicted molar refractivity (Wildman–Crippen MR) is 101 cm³/mol. The Bertz CT molecular complexity index is 945. The second-order valence-electron chi connectivity index (χ2n) is 5.65. The molecule has 0 radical (unpaired) electrons. The fourth-order valence-corrected chi connectivity index (χ4v) is 3.62. The highest BCUT2D eigenvalue weighted by Crippen LogP contribution is 2.26. The van der Waals surface area contributed by atoms with Crippen LogP contribution < -0.4 is 10.1 Å². The Morgan fingerprint density at radius 2 is 2.28 bits per heavy atom. The number of amides is 1. The summed E-state index contributed by atoms with van der Waals surface area (Å²) in [6.07, 6.45) is 5.01. The zero-order chi connectivity index (χ0) is 18.0. The molecule has 5 nitrogen and oxygen atoms in total. The third kappa shape index (κ3) is 3.70. The fourth-order valence-electron chi connectivity index (χ4n) is 2.61. The number of carbonyl (C=O) groups is 1. The monoisotopic (exact) mass is 375 g/mol. The van der Waals surface area contributed by atoms with Gasteiger partial charge in [0.1, 0.15) is 5.75 Å². The topological polar surface area (TPSA) is 55.6 Å². The molecule has 25 heavy (non-hydrogen) atoms. The van der Waals surface area contributed by atoms with Crippen LogP contribution in [0.1, 0.15) is 29.8 Å². The number of halogens is 1. The lowest BCUT2D eigenvalue weighted by Crippen LogP contribution is -2.25. The van der Waals surface area contributed by atoms with Crippen molar-refractivity contribution in [3.05, 3.63) is 57.8 Å². The summed E-state index contributed by atoms with van der Waals surface area (Å²) >= 11 is 7.62. The van der Waals surface area contributed by atoms with E-state index in [-0.39, 0.29) is 11.9 Å². The van der Waals surface area contributed by atoms with E-state index < -0.39 is 0 Å². The second-order valence-corrected chi connectivity index (χ2v) is 6.88. The number of thiazole rings is 1. The van der Waals surface area contributed by atoms with Gasteiger partial charge in [-0.15, -0.1) is 11.3 Å². The van der Waals surface area contributed by atoms with Crippen molar-refractivity contribution in [2.75, 3.05) is 7.11 Å². The smallest absolute Gasteiger partial charge is 0.244 e. The molecular formula is C18H18ClN3O2S. The van der Waals surface area contributed by atoms with Crippen LogP contribution in [-0.2, 0) is 4.79 Å². The number of methoxy groups -OCH3 is 1. The van der Waals surface area contributed by atoms with Crippen LogP contribution in [-0.4, -0.2) is 22.4 Å². The molecule has 2 aromatic heterocycles. The van der Waals surface area contributed by atoms with Gasteiger partial charge in [-0.2, -0.15) is 0 Å². The number of nitrogens with one attached hydrogen (secondary N) is 1. The summed E-state index contributed by atoms with van der Waals surface area (Å²) in [6, 6.07) is 5.71. The molecule has 0 spiro atoms. The number of hydrogen-bond acceptors (Lipinski definition) is 4. The lowest BCUT2D eigenvalue weighted by molar-refractivity contribution is -0.117. The molecule has 0 fully saturated rings. The van der Waals surface area contributed by atoms with E-state index in [0.29, 0.717) is 10.8 Å². The number of ether oxygens (including phenoxy) is 1. The van der Waals surface area contributed by atoms with Crippen molar-refractivity contribution in [2.45, 2.75) is 19.9 Å². The lowest BCUT2D eigenvalue weighted by Gasteiger charge is -2.17. The molecule has 0 aliphatic carbocycles. The molecular weight excluding hydrogens is 358 g/mol. The standard InChI is InChI=1S/C18H18ClN3O2S/c1-11-4-6-15(24-3)13(10-11)12(2)20-16(23)7-5-14-17(19)21-18-22(14)8-9-25-18/h4-10,12H,1-3H3,(H,20,23)/b7-5+. The molecule has 1 N–H and O–H groups in total. The van der Waals surface area contributed by atoms with Gasteiger partial charge in [0.2, 0.25) is 5.91 Å². The molecule has 1 atom stereocenters. The normalized spacial score (nSPS) is 12.6. The van der Waals surface area contributed by atoms with Gasteiger partial charge in [0, 0.05) is 23.2 Å². The van der Waals surface area contributed by atoms with Crippen LogP contribution >= 0.6 is 22.9 Å². The van der Waals surface area contributed by atoms with E-state index in [1.54, 1.807) is 13.2 Å². The average molecular weight is 376 g/mol. The fraction of sp³-hybridized carbons (Fsp3) is 0.222. The molecule has 130 valence electrons. The van der Waals surface area contributed by atoms with E-state index in [1.807, 2.05) is 48.0 Å². The summed E-state index contributed by atoms with van der Waals surface area (Å²) in [6.45, 7) is 3.93. The number of hydrogen-bond donors (Lipinski definition) is 1. The summed E-state index contributed by atoms with van der Waals surface area (Å²) in [5.74, 6) is 0.540. The van der Waals surface area contributed by atoms with Crippen LogP contribution in [0, 0.1) is 6.92 Å². The lowest BCUT2D eigenvalue weighted by atomic mass is 10.0. The summed E-state index contributed by atoms with van der Waals surface area (Å²) in [5, 5.41) is 5.24. The molecule has 3 rings (SSSR count). The Morgan fingerprint density at radius 3 is 3.04 bits per heavy atom. The Kier molecular flexibility index (Phi) is 5.11. The van der Waals surface area contributed by atoms with Crippen molar-refractivity contribution in [3.8, 4) is 5.75 Å². The molecule has 1 aromatic carbocycles. The summed E-state index contributed by atoms with van der Waals surface area (Å²) in [4.78, 5) is 17.3. The van der Waals surface area contributed by atoms with Gasteiger partial charge in [-0.25, -0.2) is 4.98 Å². The molecule has 2 heterocycles. The highest BCUT2D eigenvalue weighted by molar-refractivity contribution is 7.15. The number of aromatic nitrogens is 2. The third-order valence-electron chi connectivity index (χ3n) is 3.86. The first kappa shape index (κ1) is 17.5. The molecule has 7 heteroatoms. The van der Waals surface area contributed by atoms with Crippen LogP contribution in [0.2, 0.25) is 5.15 Å². The van der Waals surface area contributed by atoms with Crippen LogP contribution in [0.15, 0.2) is 35.9 Å². The number of nitrogens with zero attached hydrogens (tertiary/aromatic N) is 2. The van der Waals surface area contributed by atoms with Crippen molar-refractivity contribution in [3.63, 3.8) is 0 Å². The van der Waals surface area contributed by atoms with Gasteiger partial charge in [0.25, 0.3) is 0 Å². The number of aryl methyl sites for hydroxylation is 1. The largest absolute Gasteiger partial charge is 0.496 e. The number of benzene rings is 1. The Labute approximate surface area is 154 Å². The molecule has 1 unspecified atom stereocenters. The minimum atomic E-state index is -0.211. The SMILES string of the molecule is COc1ccc(C)cc1C(C)NC(=O)/C=C/c1c(Cl)nc2sccn12. The van der Waals surface area contributed by atoms with Gasteiger partial charge < -0.3 is 10.1 Å². The van der Waals surface area contributed by atoms with E-state index >= 15 is 0 Å². The molecule has 0 saturated carbocycles. The van der Waals surface area contributed by atoms with Crippen molar-refractivity contribution < 1.29 is 9.53 Å². The Hall–Kier alpha value is -2.31. The predicted octanol–water partition coefficient (Wildman–Crippen LogP) is 4.26. The van der Waals surface area contributed by atoms with Gasteiger partial charge in [-0.1, -0.05) is 29.3 Å². The van der Waals surface area contributed by atoms with Crippen LogP contribution in [0.4, 0.5) is 0 Å². The van der Waals surface area contributed by atoms with Gasteiger partial charge in [-0.3, -0.25) is 9.20 Å². The molecule has 0 bridgehead atoms. The Balaban J connectivity index is 1.75. The van der Waals surface area contributed by atoms with Crippen LogP contribution in [0.25, 0.3) is 11.0 Å². The van der Waals surface area contributed by atoms with Crippen molar-refractivity contribution in [1.82, 2.24) is 14.7 Å². The third-order valence-corrected chi connectivity index (χ3v) is 4.89. The minimum Gasteiger partial charge on any atom is -0.496 e. The van der Waals surface area contributed by atoms with E-state index in [9.17, 15) is 4.79 Å². The number of imidazole rings is 1. The highest BCUT2D eigenvalue weighted by Gasteiger charge is 2.14. The van der Waals surface area contributed by atoms with Gasteiger partial charge in [-0.05, 0) is 26.0 Å². The average Bonchev–Trinajstić information content (AvgIpc) is 3.13. The zero-order valence-corrected chi connectivity index (χ0v) is 15.7. The maximum absolute atomic E-state index is 12.3. The summed E-state index contributed by atoms with van der Waals surface area (Å²) < 4.78 is 7.23. The molecule has 1 amide bonds. The van der Waals surface area contributed by atoms with Crippen LogP contribution in [0.5, 0.6) is 5.75 Å². The van der Waals surface area contributed by atoms with Crippen molar-refractivity contribution in [2.24, 2.45) is 0 Å². The molecule has 3 aromatic rings. The first-order valence-corrected chi connectivity index (χ1v) is 8.99. The summed E-state index contributed by atoms with van der Waals surface area (Å²) in [5.41, 5.74) is 2.74. The maximum Gasteiger partial charge on any atom is 0.244 e. The van der Waals surface area contributed by atoms with E-state index in [0.717, 1.165) is 21.8 Å². The maximum atomic E-state index is 12.3. The van der Waals surface area contributed by atoms with Gasteiger partial charge in [0.05, 0.1) is 18.8 Å². The van der Waals surface area contributed by atoms with Crippen molar-refractivity contribution in [1.29, 1.82) is 0 Å². The molecule has 0 aliphatic heterocycles. The number of fused-ring (bicyclic) bond motifs is 1. The molecule has 0 saturated heterocycles. The quantitative estimate of drug-likeness (QED) is 0.678. The first-order chi connectivity index (χ1) is 12.0. The number of carbonyl (C=O) groups excluding carboxylic acids is 1. The van der Waals surface area contributed by atoms with Gasteiger partial charge in [0.15, 0.2) is 10.1 Å². The number of rotatable bonds is 5. The van der Waals surface area contributed by atoms with Crippen LogP contribution in [0.3, 0.4) is 0 Å². The Morgan fingerprint density at radius 1 is 1.48 bits per heavy atom. The van der Waals surface area contributed by atoms with Crippen molar-refractivity contribution >= 4 is 39.9 Å². The highest BCUT2D eigenvalue weighted by atomic mass is 35.5. The summed E-state index contributed by atoms with van der Waals surface area (Å²) in [7, 11) is 1.62. The second kappa shape index (κ2) is 7.29. The minimum absolute atomic E-state index is 0.186. The van der Waals surface area contributed by atoms with E-state index in [1.165, 1.54) is 17.4 Å². The molecule has 0 aliphatic rings. The zero-order valence-electron chi connectivity index (χ0n) is 14.1. The van der Waals surface area contributed by atoms with E-state index in [4.69, 9.17) is 16.3 Å². The van der Waals surface area contributed by atoms with Gasteiger partial charge >= 0.3 is 0 Å². The first-order valence-electron chi connectivity index (χ1n) is 7.73. The van der Waals surface area contributed by atoms with E-state index in [2.05, 4.69) is 10.3 Å².